The Labute approximate surface area is 150 Å². The first-order valence-corrected chi connectivity index (χ1v) is 7.18. The van der Waals surface area contributed by atoms with Crippen molar-refractivity contribution in [3.05, 3.63) is 23.7 Å². The Morgan fingerprint density at radius 2 is 2.05 bits per heavy atom. The van der Waals surface area contributed by atoms with Gasteiger partial charge in [-0.15, -0.1) is 24.0 Å². The van der Waals surface area contributed by atoms with Gasteiger partial charge in [-0.1, -0.05) is 6.92 Å². The van der Waals surface area contributed by atoms with Gasteiger partial charge in [0, 0.05) is 39.8 Å². The second-order valence-corrected chi connectivity index (χ2v) is 5.21. The zero-order chi connectivity index (χ0) is 15.8. The molecule has 0 unspecified atom stereocenters. The van der Waals surface area contributed by atoms with Crippen LogP contribution in [0.2, 0.25) is 0 Å². The maximum Gasteiger partial charge on any atom is 0.243 e. The highest BCUT2D eigenvalue weighted by atomic mass is 127. The molecule has 0 bridgehead atoms. The van der Waals surface area contributed by atoms with Gasteiger partial charge in [0.15, 0.2) is 5.96 Å². The molecule has 0 aliphatic carbocycles. The van der Waals surface area contributed by atoms with Crippen LogP contribution in [0.3, 0.4) is 0 Å². The van der Waals surface area contributed by atoms with Gasteiger partial charge in [0.2, 0.25) is 5.91 Å². The van der Waals surface area contributed by atoms with Crippen LogP contribution < -0.4 is 5.32 Å². The fourth-order valence-corrected chi connectivity index (χ4v) is 1.74. The topological polar surface area (TPSA) is 61.1 Å². The summed E-state index contributed by atoms with van der Waals surface area (Å²) in [6.45, 7) is 5.69. The number of aliphatic imine (C=N–C) groups is 1. The molecule has 1 N–H and O–H groups in total. The van der Waals surface area contributed by atoms with Crippen molar-refractivity contribution in [1.29, 1.82) is 0 Å². The molecule has 126 valence electrons. The predicted molar refractivity (Wildman–Crippen MR) is 99.6 cm³/mol. The SMILES string of the molecule is CCCNC(=NCC(=O)N(C)C)N(C)Cc1ccoc1C.I. The first-order chi connectivity index (χ1) is 9.95. The van der Waals surface area contributed by atoms with Crippen molar-refractivity contribution in [3.8, 4) is 0 Å². The van der Waals surface area contributed by atoms with Crippen molar-refractivity contribution in [2.75, 3.05) is 34.2 Å². The van der Waals surface area contributed by atoms with E-state index < -0.39 is 0 Å². The van der Waals surface area contributed by atoms with Crippen LogP contribution in [0, 0.1) is 6.92 Å². The Morgan fingerprint density at radius 1 is 1.36 bits per heavy atom. The normalized spacial score (nSPS) is 10.9. The first kappa shape index (κ1) is 20.8. The summed E-state index contributed by atoms with van der Waals surface area (Å²) in [6, 6.07) is 1.95. The Bertz CT molecular complexity index is 486. The molecule has 0 aromatic carbocycles. The molecule has 1 amide bonds. The van der Waals surface area contributed by atoms with Crippen molar-refractivity contribution in [2.24, 2.45) is 4.99 Å². The molecule has 0 aliphatic rings. The molecule has 0 aliphatic heterocycles. The average molecular weight is 422 g/mol. The van der Waals surface area contributed by atoms with Crippen LogP contribution in [0.4, 0.5) is 0 Å². The monoisotopic (exact) mass is 422 g/mol. The number of nitrogens with zero attached hydrogens (tertiary/aromatic N) is 3. The number of hydrogen-bond donors (Lipinski definition) is 1. The smallest absolute Gasteiger partial charge is 0.243 e. The molecule has 0 saturated carbocycles. The minimum atomic E-state index is -0.0151. The Balaban J connectivity index is 0.00000441. The quantitative estimate of drug-likeness (QED) is 0.433. The number of hydrogen-bond acceptors (Lipinski definition) is 3. The lowest BCUT2D eigenvalue weighted by molar-refractivity contribution is -0.127. The van der Waals surface area contributed by atoms with Crippen molar-refractivity contribution >= 4 is 35.8 Å². The summed E-state index contributed by atoms with van der Waals surface area (Å²) in [5, 5.41) is 3.27. The first-order valence-electron chi connectivity index (χ1n) is 7.18. The minimum Gasteiger partial charge on any atom is -0.469 e. The number of halogens is 1. The van der Waals surface area contributed by atoms with E-state index in [-0.39, 0.29) is 36.4 Å². The molecule has 22 heavy (non-hydrogen) atoms. The summed E-state index contributed by atoms with van der Waals surface area (Å²) < 4.78 is 5.31. The van der Waals surface area contributed by atoms with Crippen molar-refractivity contribution < 1.29 is 9.21 Å². The molecular weight excluding hydrogens is 395 g/mol. The van der Waals surface area contributed by atoms with Crippen molar-refractivity contribution in [1.82, 2.24) is 15.1 Å². The van der Waals surface area contributed by atoms with Crippen LogP contribution in [0.1, 0.15) is 24.7 Å². The second kappa shape index (κ2) is 10.5. The number of carbonyl (C=O) groups is 1. The number of nitrogens with one attached hydrogen (secondary N) is 1. The van der Waals surface area contributed by atoms with Crippen molar-refractivity contribution in [3.63, 3.8) is 0 Å². The fourth-order valence-electron chi connectivity index (χ4n) is 1.74. The molecule has 0 radical (unpaired) electrons. The summed E-state index contributed by atoms with van der Waals surface area (Å²) in [7, 11) is 5.42. The van der Waals surface area contributed by atoms with E-state index in [1.165, 1.54) is 0 Å². The number of likely N-dealkylation sites (N-methyl/N-ethyl adjacent to an activating group) is 1. The van der Waals surface area contributed by atoms with Gasteiger partial charge in [0.1, 0.15) is 12.3 Å². The van der Waals surface area contributed by atoms with E-state index in [1.807, 2.05) is 24.9 Å². The third-order valence-electron chi connectivity index (χ3n) is 3.13. The molecule has 0 fully saturated rings. The highest BCUT2D eigenvalue weighted by molar-refractivity contribution is 14.0. The summed E-state index contributed by atoms with van der Waals surface area (Å²) in [4.78, 5) is 19.6. The Kier molecular flexibility index (Phi) is 9.88. The van der Waals surface area contributed by atoms with Gasteiger partial charge in [-0.05, 0) is 19.4 Å². The largest absolute Gasteiger partial charge is 0.469 e. The summed E-state index contributed by atoms with van der Waals surface area (Å²) in [5.41, 5.74) is 1.11. The summed E-state index contributed by atoms with van der Waals surface area (Å²) >= 11 is 0. The average Bonchev–Trinajstić information content (AvgIpc) is 2.83. The molecule has 0 spiro atoms. The molecule has 7 heteroatoms. The number of amides is 1. The molecule has 1 aromatic rings. The molecule has 1 rings (SSSR count). The molecule has 1 heterocycles. The number of carbonyl (C=O) groups excluding carboxylic acids is 1. The highest BCUT2D eigenvalue weighted by Gasteiger charge is 2.11. The van der Waals surface area contributed by atoms with E-state index in [0.29, 0.717) is 6.54 Å². The van der Waals surface area contributed by atoms with Gasteiger partial charge in [-0.25, -0.2) is 4.99 Å². The van der Waals surface area contributed by atoms with Gasteiger partial charge >= 0.3 is 0 Å². The van der Waals surface area contributed by atoms with E-state index in [2.05, 4.69) is 17.2 Å². The maximum absolute atomic E-state index is 11.7. The number of aryl methyl sites for hydroxylation is 1. The standard InChI is InChI=1S/C15H26N4O2.HI/c1-6-8-16-15(17-10-14(20)18(3)4)19(5)11-13-7-9-21-12(13)2;/h7,9H,6,8,10-11H2,1-5H3,(H,16,17);1H. The zero-order valence-electron chi connectivity index (χ0n) is 14.0. The lowest BCUT2D eigenvalue weighted by Gasteiger charge is -2.22. The molecule has 6 nitrogen and oxygen atoms in total. The highest BCUT2D eigenvalue weighted by Crippen LogP contribution is 2.11. The van der Waals surface area contributed by atoms with Crippen LogP contribution in [0.5, 0.6) is 0 Å². The molecular formula is C15H27IN4O2. The number of guanidine groups is 1. The molecule has 0 saturated heterocycles. The lowest BCUT2D eigenvalue weighted by Crippen LogP contribution is -2.40. The van der Waals surface area contributed by atoms with E-state index in [1.54, 1.807) is 25.3 Å². The predicted octanol–water partition coefficient (Wildman–Crippen LogP) is 2.08. The fraction of sp³-hybridized carbons (Fsp3) is 0.600. The van der Waals surface area contributed by atoms with Gasteiger partial charge in [-0.2, -0.15) is 0 Å². The van der Waals surface area contributed by atoms with Gasteiger partial charge in [-0.3, -0.25) is 4.79 Å². The summed E-state index contributed by atoms with van der Waals surface area (Å²) in [5.74, 6) is 1.62. The molecule has 1 aromatic heterocycles. The van der Waals surface area contributed by atoms with Crippen LogP contribution in [-0.4, -0.2) is 55.9 Å². The summed E-state index contributed by atoms with van der Waals surface area (Å²) in [6.07, 6.45) is 2.68. The van der Waals surface area contributed by atoms with E-state index in [9.17, 15) is 4.79 Å². The van der Waals surface area contributed by atoms with Gasteiger partial charge in [0.05, 0.1) is 6.26 Å². The third-order valence-corrected chi connectivity index (χ3v) is 3.13. The molecule has 0 atom stereocenters. The van der Waals surface area contributed by atoms with Crippen LogP contribution in [0.25, 0.3) is 0 Å². The van der Waals surface area contributed by atoms with Crippen LogP contribution >= 0.6 is 24.0 Å². The third kappa shape index (κ3) is 6.67. The van der Waals surface area contributed by atoms with Crippen molar-refractivity contribution in [2.45, 2.75) is 26.8 Å². The number of furan rings is 1. The van der Waals surface area contributed by atoms with E-state index in [4.69, 9.17) is 4.42 Å². The second-order valence-electron chi connectivity index (χ2n) is 5.21. The zero-order valence-corrected chi connectivity index (χ0v) is 16.4. The maximum atomic E-state index is 11.7. The van der Waals surface area contributed by atoms with Crippen LogP contribution in [0.15, 0.2) is 21.7 Å². The van der Waals surface area contributed by atoms with Crippen LogP contribution in [-0.2, 0) is 11.3 Å². The van der Waals surface area contributed by atoms with E-state index in [0.717, 1.165) is 30.2 Å². The Morgan fingerprint density at radius 3 is 2.55 bits per heavy atom. The van der Waals surface area contributed by atoms with Gasteiger partial charge < -0.3 is 19.5 Å². The van der Waals surface area contributed by atoms with Gasteiger partial charge in [0.25, 0.3) is 0 Å². The lowest BCUT2D eigenvalue weighted by atomic mass is 10.2. The van der Waals surface area contributed by atoms with E-state index >= 15 is 0 Å². The number of rotatable bonds is 6. The Hall–Kier alpha value is -1.25. The minimum absolute atomic E-state index is 0.